The third-order valence-electron chi connectivity index (χ3n) is 13.4. The number of nitrogens with zero attached hydrogens (tertiary/aromatic N) is 5. The van der Waals surface area contributed by atoms with Gasteiger partial charge in [0.05, 0.1) is 44.9 Å². The van der Waals surface area contributed by atoms with Crippen molar-refractivity contribution in [3.8, 4) is 0 Å². The highest BCUT2D eigenvalue weighted by Gasteiger charge is 2.42. The lowest BCUT2D eigenvalue weighted by Crippen LogP contribution is -2.53. The lowest BCUT2D eigenvalue weighted by Gasteiger charge is -2.38. The van der Waals surface area contributed by atoms with Crippen LogP contribution in [0.25, 0.3) is 0 Å². The van der Waals surface area contributed by atoms with Crippen LogP contribution in [0.3, 0.4) is 0 Å². The van der Waals surface area contributed by atoms with Gasteiger partial charge in [-0.3, -0.25) is 54.1 Å². The van der Waals surface area contributed by atoms with Crippen molar-refractivity contribution in [2.75, 3.05) is 129 Å². The van der Waals surface area contributed by atoms with E-state index in [0.717, 1.165) is 24.2 Å². The molecule has 0 aliphatic carbocycles. The standard InChI is InChI=1S/C24H33N5O7S.C23H39N5O8.C7H8/c1-29(20(31)10-6-5-9-18-22-17(14-37-18)27-24(35)28-22)12-21(32)36-13-16(23(33)34)26-19(30)11-25-15-7-3-2-4-8-15;24-20-3-1-19(2-4-20)15-21-16-27(17-22(29)30)8-7-25(11-13-35-33)5-6-26(12-14-36-34)9-10-28(21)18-23(31)32;1-7-5-3-2-4-6-7/h2-4,7-8,16-18,22,25H,5-6,9-14H2,1H3,(H,26,30)(H,33,34)(H2,27,28,35);1-4,21,33-34H,5-18,24H2,(H,29,30)(H,31,32);2-6H,1H3. The van der Waals surface area contributed by atoms with Crippen molar-refractivity contribution in [2.24, 2.45) is 0 Å². The summed E-state index contributed by atoms with van der Waals surface area (Å²) in [6.07, 6.45) is 3.14. The highest BCUT2D eigenvalue weighted by Crippen LogP contribution is 2.33. The summed E-state index contributed by atoms with van der Waals surface area (Å²) in [7, 11) is 1.48. The van der Waals surface area contributed by atoms with Gasteiger partial charge in [-0.2, -0.15) is 11.8 Å². The predicted molar refractivity (Wildman–Crippen MR) is 300 cm³/mol. The number of rotatable bonds is 26. The number of benzene rings is 3. The van der Waals surface area contributed by atoms with Crippen molar-refractivity contribution in [3.05, 3.63) is 96.1 Å². The first-order valence-corrected chi connectivity index (χ1v) is 27.6. The summed E-state index contributed by atoms with van der Waals surface area (Å²) in [6.45, 7) is 5.34. The molecule has 0 saturated carbocycles. The van der Waals surface area contributed by atoms with Gasteiger partial charge >= 0.3 is 29.9 Å². The zero-order chi connectivity index (χ0) is 58.2. The number of urea groups is 1. The Morgan fingerprint density at radius 3 is 1.96 bits per heavy atom. The van der Waals surface area contributed by atoms with Crippen LogP contribution in [0, 0.1) is 6.92 Å². The smallest absolute Gasteiger partial charge is 0.329 e. The van der Waals surface area contributed by atoms with Crippen molar-refractivity contribution in [1.82, 2.24) is 40.4 Å². The van der Waals surface area contributed by atoms with Crippen LogP contribution in [-0.4, -0.2) is 239 Å². The molecule has 6 rings (SSSR count). The number of aryl methyl sites for hydroxylation is 1. The summed E-state index contributed by atoms with van der Waals surface area (Å²) in [4.78, 5) is 101. The monoisotopic (exact) mass is 1140 g/mol. The second-order valence-corrected chi connectivity index (χ2v) is 20.8. The third kappa shape index (κ3) is 26.1. The first-order chi connectivity index (χ1) is 38.4. The van der Waals surface area contributed by atoms with Crippen LogP contribution in [0.1, 0.15) is 36.8 Å². The molecule has 80 heavy (non-hydrogen) atoms. The molecule has 0 aromatic heterocycles. The number of anilines is 2. The van der Waals surface area contributed by atoms with E-state index in [1.54, 1.807) is 36.4 Å². The molecule has 3 aliphatic heterocycles. The molecular weight excluding hydrogens is 1060 g/mol. The fourth-order valence-corrected chi connectivity index (χ4v) is 10.6. The van der Waals surface area contributed by atoms with Gasteiger partial charge in [0.25, 0.3) is 0 Å². The van der Waals surface area contributed by atoms with E-state index in [2.05, 4.69) is 59.9 Å². The maximum Gasteiger partial charge on any atom is 0.329 e. The van der Waals surface area contributed by atoms with Gasteiger partial charge in [0.15, 0.2) is 6.04 Å². The molecule has 11 N–H and O–H groups in total. The average molecular weight is 1140 g/mol. The summed E-state index contributed by atoms with van der Waals surface area (Å²) < 4.78 is 5.00. The van der Waals surface area contributed by atoms with Crippen molar-refractivity contribution in [3.63, 3.8) is 0 Å². The molecular formula is C54H80N10O15S. The number of carboxylic acid groups (broad SMARTS) is 3. The first-order valence-electron chi connectivity index (χ1n) is 26.6. The van der Waals surface area contributed by atoms with Crippen LogP contribution < -0.4 is 27.0 Å². The molecule has 3 fully saturated rings. The lowest BCUT2D eigenvalue weighted by atomic mass is 10.0. The minimum absolute atomic E-state index is 0.111. The number of unbranched alkanes of at least 4 members (excludes halogenated alkanes) is 1. The molecule has 3 aliphatic rings. The number of likely N-dealkylation sites (N-methyl/N-ethyl adjacent to an activating group) is 1. The quantitative estimate of drug-likeness (QED) is 0.0137. The van der Waals surface area contributed by atoms with E-state index >= 15 is 0 Å². The van der Waals surface area contributed by atoms with E-state index in [-0.39, 0.29) is 75.9 Å². The number of fused-ring (bicyclic) bond motifs is 1. The molecule has 442 valence electrons. The Balaban J connectivity index is 0.000000306. The molecule has 5 unspecified atom stereocenters. The fraction of sp³-hybridized carbons (Fsp3) is 0.537. The number of nitrogens with two attached hydrogens (primary N) is 1. The van der Waals surface area contributed by atoms with Gasteiger partial charge in [-0.1, -0.05) is 72.6 Å². The van der Waals surface area contributed by atoms with Gasteiger partial charge in [0.2, 0.25) is 11.8 Å². The number of nitrogens with one attached hydrogen (secondary N) is 4. The number of thioether (sulfide) groups is 1. The van der Waals surface area contributed by atoms with Gasteiger partial charge in [0, 0.05) is 101 Å². The number of nitrogen functional groups attached to an aromatic ring is 1. The second-order valence-electron chi connectivity index (χ2n) is 19.6. The number of carbonyl (C=O) groups excluding carboxylic acids is 4. The fourth-order valence-electron chi connectivity index (χ4n) is 9.02. The Bertz CT molecular complexity index is 2350. The minimum Gasteiger partial charge on any atom is -0.480 e. The summed E-state index contributed by atoms with van der Waals surface area (Å²) in [5, 5.41) is 57.5. The summed E-state index contributed by atoms with van der Waals surface area (Å²) in [5.74, 6) is -3.94. The largest absolute Gasteiger partial charge is 0.480 e. The molecule has 4 amide bonds. The average Bonchev–Trinajstić information content (AvgIpc) is 4.01. The number of aliphatic carboxylic acids is 3. The number of carboxylic acids is 3. The van der Waals surface area contributed by atoms with E-state index in [4.69, 9.17) is 21.0 Å². The highest BCUT2D eigenvalue weighted by atomic mass is 32.2. The van der Waals surface area contributed by atoms with Crippen LogP contribution >= 0.6 is 11.8 Å². The Kier molecular flexibility index (Phi) is 30.1. The van der Waals surface area contributed by atoms with E-state index in [9.17, 15) is 48.9 Å². The number of esters is 1. The SMILES string of the molecule is CN(CC(=O)OCC(NC(=O)CNc1ccccc1)C(=O)O)C(=O)CCCCC1SCC2NC(=O)NC21.Cc1ccccc1.Nc1ccc(CC2CN(CC(=O)O)CCN(CCOO)CCN(CCOO)CCN2CC(=O)O)cc1. The molecule has 25 nitrogen and oxygen atoms in total. The van der Waals surface area contributed by atoms with E-state index in [0.29, 0.717) is 88.4 Å². The van der Waals surface area contributed by atoms with E-state index < -0.39 is 42.4 Å². The molecule has 26 heteroatoms. The maximum absolute atomic E-state index is 12.4. The van der Waals surface area contributed by atoms with Crippen molar-refractivity contribution >= 4 is 64.9 Å². The molecule has 3 aromatic rings. The molecule has 5 atom stereocenters. The van der Waals surface area contributed by atoms with Crippen LogP contribution in [0.4, 0.5) is 16.2 Å². The molecule has 3 saturated heterocycles. The highest BCUT2D eigenvalue weighted by molar-refractivity contribution is 8.00. The number of hydrogen-bond acceptors (Lipinski definition) is 19. The van der Waals surface area contributed by atoms with Crippen LogP contribution in [0.5, 0.6) is 0 Å². The lowest BCUT2D eigenvalue weighted by molar-refractivity contribution is -0.245. The summed E-state index contributed by atoms with van der Waals surface area (Å²) >= 11 is 1.82. The van der Waals surface area contributed by atoms with Crippen molar-refractivity contribution in [2.45, 2.75) is 68.4 Å². The summed E-state index contributed by atoms with van der Waals surface area (Å²) in [5.41, 5.74) is 9.45. The maximum atomic E-state index is 12.4. The van der Waals surface area contributed by atoms with Crippen LogP contribution in [-0.2, 0) is 49.7 Å². The minimum atomic E-state index is -1.41. The molecule has 0 spiro atoms. The zero-order valence-corrected chi connectivity index (χ0v) is 46.4. The predicted octanol–water partition coefficient (Wildman–Crippen LogP) is 1.94. The Labute approximate surface area is 470 Å². The number of ether oxygens (including phenoxy) is 1. The summed E-state index contributed by atoms with van der Waals surface area (Å²) in [6, 6.07) is 25.1. The van der Waals surface area contributed by atoms with Gasteiger partial charge in [-0.15, -0.1) is 0 Å². The third-order valence-corrected chi connectivity index (χ3v) is 14.9. The van der Waals surface area contributed by atoms with Gasteiger partial charge in [-0.05, 0) is 56.0 Å². The normalized spacial score (nSPS) is 19.3. The van der Waals surface area contributed by atoms with Gasteiger partial charge in [0.1, 0.15) is 13.2 Å². The number of para-hydroxylation sites is 1. The number of hydrogen-bond donors (Lipinski definition) is 10. The number of carbonyl (C=O) groups is 7. The number of amides is 4. The van der Waals surface area contributed by atoms with Gasteiger partial charge in [-0.25, -0.2) is 19.4 Å². The van der Waals surface area contributed by atoms with Crippen molar-refractivity contribution in [1.29, 1.82) is 0 Å². The van der Waals surface area contributed by atoms with Crippen molar-refractivity contribution < 1.29 is 73.9 Å². The van der Waals surface area contributed by atoms with E-state index in [1.807, 2.05) is 58.0 Å². The Hall–Kier alpha value is -6.62. The second kappa shape index (κ2) is 36.6. The molecule has 3 heterocycles. The molecule has 0 radical (unpaired) electrons. The van der Waals surface area contributed by atoms with Crippen LogP contribution in [0.15, 0.2) is 84.9 Å². The zero-order valence-electron chi connectivity index (χ0n) is 45.6. The van der Waals surface area contributed by atoms with Gasteiger partial charge < -0.3 is 52.0 Å². The topological polar surface area (TPSA) is 339 Å². The molecule has 0 bridgehead atoms. The van der Waals surface area contributed by atoms with Crippen LogP contribution in [0.2, 0.25) is 0 Å². The van der Waals surface area contributed by atoms with E-state index in [1.165, 1.54) is 17.5 Å². The Morgan fingerprint density at radius 2 is 1.39 bits per heavy atom. The molecule has 3 aromatic carbocycles. The Morgan fingerprint density at radius 1 is 0.787 bits per heavy atom. The first kappa shape index (κ1) is 65.9.